The van der Waals surface area contributed by atoms with Gasteiger partial charge in [-0.05, 0) is 42.1 Å². The lowest BCUT2D eigenvalue weighted by Crippen LogP contribution is -2.19. The lowest BCUT2D eigenvalue weighted by molar-refractivity contribution is 0.842. The van der Waals surface area contributed by atoms with E-state index in [2.05, 4.69) is 11.2 Å². The summed E-state index contributed by atoms with van der Waals surface area (Å²) in [5.74, 6) is 0. The molecule has 0 unspecified atom stereocenters. The molecule has 2 aromatic heterocycles. The van der Waals surface area contributed by atoms with E-state index in [1.165, 1.54) is 4.68 Å². The van der Waals surface area contributed by atoms with Gasteiger partial charge < -0.3 is 0 Å². The molecule has 0 N–H and O–H groups in total. The Labute approximate surface area is 120 Å². The first-order valence-corrected chi connectivity index (χ1v) is 6.81. The monoisotopic (exact) mass is 275 g/mol. The quantitative estimate of drug-likeness (QED) is 0.536. The number of rotatable bonds is 1. The van der Waals surface area contributed by atoms with Crippen molar-refractivity contribution in [1.29, 1.82) is 0 Å². The Kier molecular flexibility index (Phi) is 2.44. The molecule has 0 amide bonds. The number of hydrogen-bond acceptors (Lipinski definition) is 2. The smallest absolute Gasteiger partial charge is 0.245 e. The Morgan fingerprint density at radius 3 is 2.48 bits per heavy atom. The van der Waals surface area contributed by atoms with Crippen molar-refractivity contribution in [1.82, 2.24) is 14.2 Å². The van der Waals surface area contributed by atoms with Crippen LogP contribution in [-0.4, -0.2) is 14.2 Å². The predicted molar refractivity (Wildman–Crippen MR) is 83.0 cm³/mol. The van der Waals surface area contributed by atoms with E-state index in [4.69, 9.17) is 0 Å². The Morgan fingerprint density at radius 2 is 1.67 bits per heavy atom. The molecule has 0 fully saturated rings. The lowest BCUT2D eigenvalue weighted by Gasteiger charge is -2.02. The van der Waals surface area contributed by atoms with Gasteiger partial charge in [-0.25, -0.2) is 9.20 Å². The summed E-state index contributed by atoms with van der Waals surface area (Å²) in [7, 11) is 0. The van der Waals surface area contributed by atoms with Crippen molar-refractivity contribution < 1.29 is 0 Å². The number of pyridine rings is 1. The summed E-state index contributed by atoms with van der Waals surface area (Å²) in [5.41, 5.74) is 3.19. The minimum atomic E-state index is -0.142. The van der Waals surface area contributed by atoms with Crippen molar-refractivity contribution in [3.63, 3.8) is 0 Å². The first kappa shape index (κ1) is 11.9. The topological polar surface area (TPSA) is 39.3 Å². The van der Waals surface area contributed by atoms with Gasteiger partial charge in [0.05, 0.1) is 11.2 Å². The highest BCUT2D eigenvalue weighted by atomic mass is 16.2. The minimum absolute atomic E-state index is 0.142. The average Bonchev–Trinajstić information content (AvgIpc) is 2.87. The second-order valence-corrected chi connectivity index (χ2v) is 5.08. The SMILES string of the molecule is Cc1cc2ccccc2n2c(=O)n(-c3ccccc3)nc12. The Balaban J connectivity index is 2.19. The summed E-state index contributed by atoms with van der Waals surface area (Å²) in [6.07, 6.45) is 0. The normalized spacial score (nSPS) is 11.3. The third-order valence-corrected chi connectivity index (χ3v) is 3.68. The molecule has 4 aromatic rings. The number of aryl methyl sites for hydroxylation is 1. The molecule has 0 aliphatic heterocycles. The highest BCUT2D eigenvalue weighted by molar-refractivity contribution is 5.83. The van der Waals surface area contributed by atoms with Gasteiger partial charge in [0.15, 0.2) is 5.65 Å². The molecular formula is C17H13N3O. The van der Waals surface area contributed by atoms with Crippen LogP contribution in [0.2, 0.25) is 0 Å². The van der Waals surface area contributed by atoms with Crippen LogP contribution in [0.5, 0.6) is 0 Å². The van der Waals surface area contributed by atoms with Crippen molar-refractivity contribution in [2.45, 2.75) is 6.92 Å². The molecule has 0 spiro atoms. The zero-order valence-electron chi connectivity index (χ0n) is 11.5. The van der Waals surface area contributed by atoms with Crippen LogP contribution in [0.4, 0.5) is 0 Å². The van der Waals surface area contributed by atoms with E-state index >= 15 is 0 Å². The fourth-order valence-corrected chi connectivity index (χ4v) is 2.69. The van der Waals surface area contributed by atoms with Crippen molar-refractivity contribution >= 4 is 16.6 Å². The molecule has 4 rings (SSSR count). The van der Waals surface area contributed by atoms with E-state index in [1.54, 1.807) is 4.40 Å². The van der Waals surface area contributed by atoms with Gasteiger partial charge in [-0.1, -0.05) is 36.4 Å². The number of para-hydroxylation sites is 2. The molecule has 21 heavy (non-hydrogen) atoms. The summed E-state index contributed by atoms with van der Waals surface area (Å²) in [6, 6.07) is 19.4. The summed E-state index contributed by atoms with van der Waals surface area (Å²) in [6.45, 7) is 1.98. The molecule has 102 valence electrons. The van der Waals surface area contributed by atoms with Crippen LogP contribution in [0.3, 0.4) is 0 Å². The van der Waals surface area contributed by atoms with Gasteiger partial charge in [0.1, 0.15) is 0 Å². The number of hydrogen-bond donors (Lipinski definition) is 0. The van der Waals surface area contributed by atoms with E-state index in [0.717, 1.165) is 22.2 Å². The average molecular weight is 275 g/mol. The molecule has 0 radical (unpaired) electrons. The summed E-state index contributed by atoms with van der Waals surface area (Å²) < 4.78 is 3.13. The van der Waals surface area contributed by atoms with Gasteiger partial charge in [0, 0.05) is 0 Å². The maximum Gasteiger partial charge on any atom is 0.355 e. The predicted octanol–water partition coefficient (Wildman–Crippen LogP) is 2.95. The van der Waals surface area contributed by atoms with Crippen LogP contribution in [0.1, 0.15) is 5.56 Å². The van der Waals surface area contributed by atoms with Crippen molar-refractivity contribution in [3.8, 4) is 5.69 Å². The molecule has 4 nitrogen and oxygen atoms in total. The molecule has 0 aliphatic rings. The van der Waals surface area contributed by atoms with Gasteiger partial charge >= 0.3 is 5.69 Å². The number of aromatic nitrogens is 3. The van der Waals surface area contributed by atoms with Crippen LogP contribution in [0, 0.1) is 6.92 Å². The van der Waals surface area contributed by atoms with E-state index in [0.29, 0.717) is 5.65 Å². The number of fused-ring (bicyclic) bond motifs is 3. The van der Waals surface area contributed by atoms with Crippen LogP contribution < -0.4 is 5.69 Å². The summed E-state index contributed by atoms with van der Waals surface area (Å²) in [4.78, 5) is 12.8. The molecule has 2 aromatic carbocycles. The van der Waals surface area contributed by atoms with Gasteiger partial charge in [0.2, 0.25) is 0 Å². The molecule has 0 aliphatic carbocycles. The zero-order chi connectivity index (χ0) is 14.4. The van der Waals surface area contributed by atoms with Crippen LogP contribution >= 0.6 is 0 Å². The zero-order valence-corrected chi connectivity index (χ0v) is 11.5. The highest BCUT2D eigenvalue weighted by Crippen LogP contribution is 2.18. The standard InChI is InChI=1S/C17H13N3O/c1-12-11-13-7-5-6-10-15(13)19-16(12)18-20(17(19)21)14-8-3-2-4-9-14/h2-11H,1H3. The maximum absolute atomic E-state index is 12.8. The first-order valence-electron chi connectivity index (χ1n) is 6.81. The van der Waals surface area contributed by atoms with Gasteiger partial charge in [-0.15, -0.1) is 5.10 Å². The molecule has 4 heteroatoms. The van der Waals surface area contributed by atoms with E-state index in [9.17, 15) is 4.79 Å². The second kappa shape index (κ2) is 4.31. The Morgan fingerprint density at radius 1 is 0.952 bits per heavy atom. The van der Waals surface area contributed by atoms with Crippen molar-refractivity contribution in [2.75, 3.05) is 0 Å². The van der Waals surface area contributed by atoms with Gasteiger partial charge in [-0.2, -0.15) is 4.68 Å². The van der Waals surface area contributed by atoms with Crippen molar-refractivity contribution in [3.05, 3.63) is 76.7 Å². The fourth-order valence-electron chi connectivity index (χ4n) is 2.69. The number of nitrogens with zero attached hydrogens (tertiary/aromatic N) is 3. The third-order valence-electron chi connectivity index (χ3n) is 3.68. The van der Waals surface area contributed by atoms with Gasteiger partial charge in [0.25, 0.3) is 0 Å². The molecular weight excluding hydrogens is 262 g/mol. The lowest BCUT2D eigenvalue weighted by atomic mass is 10.1. The molecule has 0 saturated carbocycles. The molecule has 2 heterocycles. The van der Waals surface area contributed by atoms with E-state index < -0.39 is 0 Å². The number of benzene rings is 2. The molecule has 0 atom stereocenters. The van der Waals surface area contributed by atoms with Crippen LogP contribution in [-0.2, 0) is 0 Å². The van der Waals surface area contributed by atoms with E-state index in [-0.39, 0.29) is 5.69 Å². The molecule has 0 bridgehead atoms. The highest BCUT2D eigenvalue weighted by Gasteiger charge is 2.13. The third kappa shape index (κ3) is 1.69. The van der Waals surface area contributed by atoms with E-state index in [1.807, 2.05) is 61.5 Å². The Bertz CT molecular complexity index is 1010. The Hall–Kier alpha value is -2.88. The first-order chi connectivity index (χ1) is 10.3. The minimum Gasteiger partial charge on any atom is -0.245 e. The van der Waals surface area contributed by atoms with Gasteiger partial charge in [-0.3, -0.25) is 0 Å². The second-order valence-electron chi connectivity index (χ2n) is 5.08. The maximum atomic E-state index is 12.8. The molecule has 0 saturated heterocycles. The van der Waals surface area contributed by atoms with Crippen molar-refractivity contribution in [2.24, 2.45) is 0 Å². The van der Waals surface area contributed by atoms with Crippen LogP contribution in [0.15, 0.2) is 65.5 Å². The van der Waals surface area contributed by atoms with Crippen LogP contribution in [0.25, 0.3) is 22.2 Å². The largest absolute Gasteiger partial charge is 0.355 e. The summed E-state index contributed by atoms with van der Waals surface area (Å²) >= 11 is 0. The fraction of sp³-hybridized carbons (Fsp3) is 0.0588. The summed E-state index contributed by atoms with van der Waals surface area (Å²) in [5, 5.41) is 5.54.